The molecule has 0 atom stereocenters. The molecule has 1 N–H and O–H groups in total. The number of fused-ring (bicyclic) bond motifs is 1. The van der Waals surface area contributed by atoms with E-state index in [0.717, 1.165) is 50.3 Å². The maximum atomic E-state index is 13.3. The monoisotopic (exact) mass is 414 g/mol. The van der Waals surface area contributed by atoms with Crippen molar-refractivity contribution in [1.82, 2.24) is 19.8 Å². The molecular weight excluding hydrogens is 388 g/mol. The van der Waals surface area contributed by atoms with E-state index in [1.165, 1.54) is 0 Å². The highest BCUT2D eigenvalue weighted by Gasteiger charge is 2.36. The van der Waals surface area contributed by atoms with Gasteiger partial charge >= 0.3 is 0 Å². The number of likely N-dealkylation sites (tertiary alicyclic amines) is 2. The zero-order valence-corrected chi connectivity index (χ0v) is 17.2. The maximum absolute atomic E-state index is 13.3. The Hall–Kier alpha value is -2.35. The molecule has 2 amide bonds. The van der Waals surface area contributed by atoms with Gasteiger partial charge in [-0.2, -0.15) is 0 Å². The number of H-pyrrole nitrogens is 1. The van der Waals surface area contributed by atoms with Crippen LogP contribution in [0.25, 0.3) is 11.0 Å². The number of piperidine rings is 2. The zero-order chi connectivity index (χ0) is 20.2. The standard InChI is InChI=1S/C21H26N4O3S/c26-18-19(23-16-10-4-3-9-15(16)22-18)29-17(20(27)24-11-5-1-6-12-24)21(28)25-13-7-2-8-14-25/h3-4,9-10,17H,1-2,5-8,11-14H2,(H,22,26). The van der Waals surface area contributed by atoms with E-state index in [2.05, 4.69) is 9.97 Å². The molecule has 0 radical (unpaired) electrons. The molecule has 2 aliphatic heterocycles. The lowest BCUT2D eigenvalue weighted by molar-refractivity contribution is -0.140. The Balaban J connectivity index is 1.64. The highest BCUT2D eigenvalue weighted by Crippen LogP contribution is 2.26. The van der Waals surface area contributed by atoms with Crippen molar-refractivity contribution < 1.29 is 9.59 Å². The van der Waals surface area contributed by atoms with Gasteiger partial charge in [0.05, 0.1) is 11.0 Å². The van der Waals surface area contributed by atoms with E-state index in [1.54, 1.807) is 15.9 Å². The number of carbonyl (C=O) groups excluding carboxylic acids is 2. The second-order valence-corrected chi connectivity index (χ2v) is 8.75. The van der Waals surface area contributed by atoms with Crippen LogP contribution in [-0.2, 0) is 9.59 Å². The second kappa shape index (κ2) is 8.98. The SMILES string of the molecule is O=C(C(Sc1nc2ccccc2[nH]c1=O)C(=O)N1CCCCC1)N1CCCCC1. The summed E-state index contributed by atoms with van der Waals surface area (Å²) in [6.45, 7) is 2.69. The van der Waals surface area contributed by atoms with Gasteiger partial charge in [0, 0.05) is 26.2 Å². The molecule has 0 spiro atoms. The Bertz CT molecular complexity index is 918. The third kappa shape index (κ3) is 4.47. The number of nitrogens with zero attached hydrogens (tertiary/aromatic N) is 3. The second-order valence-electron chi connectivity index (χ2n) is 7.66. The third-order valence-electron chi connectivity index (χ3n) is 5.58. The molecule has 2 aliphatic rings. The zero-order valence-electron chi connectivity index (χ0n) is 16.4. The van der Waals surface area contributed by atoms with Gasteiger partial charge in [-0.05, 0) is 50.7 Å². The highest BCUT2D eigenvalue weighted by atomic mass is 32.2. The van der Waals surface area contributed by atoms with Crippen LogP contribution in [0.3, 0.4) is 0 Å². The summed E-state index contributed by atoms with van der Waals surface area (Å²) in [5.74, 6) is -0.390. The van der Waals surface area contributed by atoms with E-state index >= 15 is 0 Å². The molecule has 2 fully saturated rings. The van der Waals surface area contributed by atoms with E-state index in [4.69, 9.17) is 0 Å². The maximum Gasteiger partial charge on any atom is 0.280 e. The number of hydrogen-bond acceptors (Lipinski definition) is 5. The van der Waals surface area contributed by atoms with E-state index in [-0.39, 0.29) is 22.4 Å². The van der Waals surface area contributed by atoms with Crippen LogP contribution in [0.4, 0.5) is 0 Å². The summed E-state index contributed by atoms with van der Waals surface area (Å²) < 4.78 is 0. The number of amides is 2. The van der Waals surface area contributed by atoms with E-state index in [9.17, 15) is 14.4 Å². The number of aromatic nitrogens is 2. The van der Waals surface area contributed by atoms with Gasteiger partial charge in [0.2, 0.25) is 11.8 Å². The molecule has 2 aromatic rings. The fraction of sp³-hybridized carbons (Fsp3) is 0.524. The van der Waals surface area contributed by atoms with E-state index in [1.807, 2.05) is 18.2 Å². The first-order chi connectivity index (χ1) is 14.1. The molecule has 2 saturated heterocycles. The number of nitrogens with one attached hydrogen (secondary N) is 1. The Morgan fingerprint density at radius 3 is 2.03 bits per heavy atom. The molecule has 1 aromatic heterocycles. The number of para-hydroxylation sites is 2. The Kier molecular flexibility index (Phi) is 6.18. The first kappa shape index (κ1) is 19.9. The summed E-state index contributed by atoms with van der Waals surface area (Å²) in [7, 11) is 0. The van der Waals surface area contributed by atoms with Crippen LogP contribution in [0.15, 0.2) is 34.1 Å². The van der Waals surface area contributed by atoms with Crippen molar-refractivity contribution in [2.24, 2.45) is 0 Å². The molecule has 7 nitrogen and oxygen atoms in total. The van der Waals surface area contributed by atoms with Gasteiger partial charge in [0.15, 0.2) is 10.3 Å². The molecule has 3 heterocycles. The number of hydrogen-bond donors (Lipinski definition) is 1. The lowest BCUT2D eigenvalue weighted by atomic mass is 10.1. The molecule has 29 heavy (non-hydrogen) atoms. The average Bonchev–Trinajstić information content (AvgIpc) is 2.78. The quantitative estimate of drug-likeness (QED) is 0.613. The highest BCUT2D eigenvalue weighted by molar-refractivity contribution is 8.01. The summed E-state index contributed by atoms with van der Waals surface area (Å²) in [4.78, 5) is 49.9. The lowest BCUT2D eigenvalue weighted by Crippen LogP contribution is -2.50. The molecule has 154 valence electrons. The van der Waals surface area contributed by atoms with Gasteiger partial charge in [-0.1, -0.05) is 23.9 Å². The van der Waals surface area contributed by atoms with Gasteiger partial charge in [-0.3, -0.25) is 14.4 Å². The number of rotatable bonds is 4. The summed E-state index contributed by atoms with van der Waals surface area (Å²) >= 11 is 0.996. The van der Waals surface area contributed by atoms with Gasteiger partial charge in [-0.15, -0.1) is 0 Å². The summed E-state index contributed by atoms with van der Waals surface area (Å²) in [5, 5.41) is -0.787. The summed E-state index contributed by atoms with van der Waals surface area (Å²) in [6.07, 6.45) is 6.03. The lowest BCUT2D eigenvalue weighted by Gasteiger charge is -2.33. The van der Waals surface area contributed by atoms with Crippen molar-refractivity contribution >= 4 is 34.6 Å². The molecular formula is C21H26N4O3S. The molecule has 0 aliphatic carbocycles. The van der Waals surface area contributed by atoms with Crippen LogP contribution in [0.5, 0.6) is 0 Å². The molecule has 0 saturated carbocycles. The van der Waals surface area contributed by atoms with Crippen molar-refractivity contribution in [1.29, 1.82) is 0 Å². The molecule has 1 aromatic carbocycles. The van der Waals surface area contributed by atoms with Crippen molar-refractivity contribution in [3.8, 4) is 0 Å². The molecule has 0 bridgehead atoms. The number of benzene rings is 1. The Labute approximate surface area is 173 Å². The van der Waals surface area contributed by atoms with Gasteiger partial charge < -0.3 is 14.8 Å². The van der Waals surface area contributed by atoms with E-state index in [0.29, 0.717) is 37.2 Å². The fourth-order valence-corrected chi connectivity index (χ4v) is 5.00. The topological polar surface area (TPSA) is 86.4 Å². The van der Waals surface area contributed by atoms with Crippen LogP contribution in [0.1, 0.15) is 38.5 Å². The van der Waals surface area contributed by atoms with Crippen molar-refractivity contribution in [2.45, 2.75) is 48.8 Å². The third-order valence-corrected chi connectivity index (χ3v) is 6.72. The smallest absolute Gasteiger partial charge is 0.280 e. The van der Waals surface area contributed by atoms with Gasteiger partial charge in [-0.25, -0.2) is 4.98 Å². The summed E-state index contributed by atoms with van der Waals surface area (Å²) in [6, 6.07) is 7.27. The molecule has 4 rings (SSSR count). The fourth-order valence-electron chi connectivity index (χ4n) is 3.97. The minimum atomic E-state index is -0.957. The van der Waals surface area contributed by atoms with Crippen molar-refractivity contribution in [3.05, 3.63) is 34.6 Å². The van der Waals surface area contributed by atoms with Crippen molar-refractivity contribution in [3.63, 3.8) is 0 Å². The van der Waals surface area contributed by atoms with Crippen LogP contribution in [-0.4, -0.2) is 63.0 Å². The number of aromatic amines is 1. The predicted molar refractivity (Wildman–Crippen MR) is 113 cm³/mol. The van der Waals surface area contributed by atoms with Crippen LogP contribution >= 0.6 is 11.8 Å². The predicted octanol–water partition coefficient (Wildman–Crippen LogP) is 2.41. The van der Waals surface area contributed by atoms with Crippen molar-refractivity contribution in [2.75, 3.05) is 26.2 Å². The molecule has 8 heteroatoms. The first-order valence-corrected chi connectivity index (χ1v) is 11.2. The van der Waals surface area contributed by atoms with E-state index < -0.39 is 5.25 Å². The molecule has 0 unspecified atom stereocenters. The van der Waals surface area contributed by atoms with Crippen LogP contribution in [0.2, 0.25) is 0 Å². The Morgan fingerprint density at radius 2 is 1.45 bits per heavy atom. The number of thioether (sulfide) groups is 1. The first-order valence-electron chi connectivity index (χ1n) is 10.4. The normalized spacial score (nSPS) is 17.7. The minimum Gasteiger partial charge on any atom is -0.341 e. The van der Waals surface area contributed by atoms with Gasteiger partial charge in [0.25, 0.3) is 5.56 Å². The van der Waals surface area contributed by atoms with Crippen LogP contribution < -0.4 is 5.56 Å². The average molecular weight is 415 g/mol. The largest absolute Gasteiger partial charge is 0.341 e. The Morgan fingerprint density at radius 1 is 0.897 bits per heavy atom. The minimum absolute atomic E-state index is 0.171. The van der Waals surface area contributed by atoms with Crippen LogP contribution in [0, 0.1) is 0 Å². The summed E-state index contributed by atoms with van der Waals surface area (Å²) in [5.41, 5.74) is 0.920. The van der Waals surface area contributed by atoms with Gasteiger partial charge in [0.1, 0.15) is 0 Å². The number of carbonyl (C=O) groups is 2.